The number of rotatable bonds is 5. The van der Waals surface area contributed by atoms with Crippen molar-refractivity contribution in [2.45, 2.75) is 64.8 Å². The third-order valence-electron chi connectivity index (χ3n) is 5.80. The highest BCUT2D eigenvalue weighted by molar-refractivity contribution is 7.14. The van der Waals surface area contributed by atoms with Crippen LogP contribution in [0.25, 0.3) is 0 Å². The van der Waals surface area contributed by atoms with Crippen LogP contribution in [0.15, 0.2) is 0 Å². The number of thiophene rings is 1. The Kier molecular flexibility index (Phi) is 5.69. The van der Waals surface area contributed by atoms with E-state index in [1.165, 1.54) is 11.3 Å². The predicted octanol–water partition coefficient (Wildman–Crippen LogP) is 2.71. The third kappa shape index (κ3) is 3.94. The van der Waals surface area contributed by atoms with Gasteiger partial charge in [-0.25, -0.2) is 4.79 Å². The van der Waals surface area contributed by atoms with Crippen LogP contribution in [0.5, 0.6) is 0 Å². The van der Waals surface area contributed by atoms with E-state index in [2.05, 4.69) is 24.6 Å². The summed E-state index contributed by atoms with van der Waals surface area (Å²) in [6, 6.07) is 0.0458. The number of amides is 1. The molecule has 1 aromatic heterocycles. The normalized spacial score (nSPS) is 24.7. The number of carbonyl (C=O) groups excluding carboxylic acids is 1. The summed E-state index contributed by atoms with van der Waals surface area (Å²) in [7, 11) is 0. The molecule has 26 heavy (non-hydrogen) atoms. The van der Waals surface area contributed by atoms with E-state index in [1.54, 1.807) is 0 Å². The molecule has 2 aliphatic carbocycles. The largest absolute Gasteiger partial charge is 0.478 e. The first-order valence-corrected chi connectivity index (χ1v) is 10.3. The molecular weight excluding hydrogens is 350 g/mol. The lowest BCUT2D eigenvalue weighted by atomic mass is 9.76. The third-order valence-corrected chi connectivity index (χ3v) is 7.09. The highest BCUT2D eigenvalue weighted by Gasteiger charge is 2.35. The van der Waals surface area contributed by atoms with Gasteiger partial charge in [0.1, 0.15) is 4.88 Å². The first-order chi connectivity index (χ1) is 12.3. The van der Waals surface area contributed by atoms with Crippen molar-refractivity contribution in [1.82, 2.24) is 10.7 Å². The van der Waals surface area contributed by atoms with E-state index in [4.69, 9.17) is 5.84 Å². The zero-order valence-electron chi connectivity index (χ0n) is 15.6. The number of hydrogen-bond acceptors (Lipinski definition) is 5. The number of aromatic carboxylic acids is 1. The second-order valence-electron chi connectivity index (χ2n) is 8.39. The van der Waals surface area contributed by atoms with Crippen LogP contribution in [0.1, 0.15) is 76.4 Å². The van der Waals surface area contributed by atoms with Crippen LogP contribution in [-0.4, -0.2) is 29.6 Å². The summed E-state index contributed by atoms with van der Waals surface area (Å²) in [5.74, 6) is 4.54. The quantitative estimate of drug-likeness (QED) is 0.465. The number of carboxylic acids is 1. The van der Waals surface area contributed by atoms with E-state index in [0.717, 1.165) is 55.4 Å². The molecule has 0 aliphatic heterocycles. The van der Waals surface area contributed by atoms with Gasteiger partial charge >= 0.3 is 5.97 Å². The molecule has 0 radical (unpaired) electrons. The van der Waals surface area contributed by atoms with Gasteiger partial charge in [-0.05, 0) is 49.0 Å². The predicted molar refractivity (Wildman–Crippen MR) is 102 cm³/mol. The molecule has 1 saturated carbocycles. The smallest absolute Gasteiger partial charge is 0.337 e. The topological polar surface area (TPSA) is 104 Å². The standard InChI is InChI=1S/C19H29N3O3S/c1-19(2)8-7-14-12(9-19)15(18(24)25)16(26-14)17(23)22-13-6-4-3-5-11(13)10-21-20/h11,13,21H,3-10,20H2,1-2H3,(H,22,23)(H,24,25)/t11-,13-/m1/s1. The summed E-state index contributed by atoms with van der Waals surface area (Å²) in [4.78, 5) is 26.3. The summed E-state index contributed by atoms with van der Waals surface area (Å²) in [6.07, 6.45) is 6.75. The van der Waals surface area contributed by atoms with Gasteiger partial charge in [-0.15, -0.1) is 11.3 Å². The molecule has 7 heteroatoms. The van der Waals surface area contributed by atoms with Crippen molar-refractivity contribution in [3.8, 4) is 0 Å². The summed E-state index contributed by atoms with van der Waals surface area (Å²) >= 11 is 1.37. The highest BCUT2D eigenvalue weighted by Crippen LogP contribution is 2.41. The SMILES string of the molecule is CC1(C)CCc2sc(C(=O)N[C@@H]3CCCC[C@@H]3CNN)c(C(=O)O)c2C1. The molecule has 144 valence electrons. The molecule has 0 unspecified atom stereocenters. The Labute approximate surface area is 158 Å². The van der Waals surface area contributed by atoms with Gasteiger partial charge in [0, 0.05) is 17.5 Å². The molecular formula is C19H29N3O3S. The first kappa shape index (κ1) is 19.3. The number of hydrazine groups is 1. The number of hydrogen-bond donors (Lipinski definition) is 4. The maximum absolute atomic E-state index is 13.0. The molecule has 1 heterocycles. The minimum Gasteiger partial charge on any atom is -0.478 e. The lowest BCUT2D eigenvalue weighted by molar-refractivity contribution is 0.0688. The molecule has 2 aliphatic rings. The van der Waals surface area contributed by atoms with Crippen molar-refractivity contribution in [3.05, 3.63) is 20.9 Å². The van der Waals surface area contributed by atoms with Crippen LogP contribution in [-0.2, 0) is 12.8 Å². The van der Waals surface area contributed by atoms with Crippen LogP contribution in [0.2, 0.25) is 0 Å². The van der Waals surface area contributed by atoms with Crippen LogP contribution in [0, 0.1) is 11.3 Å². The van der Waals surface area contributed by atoms with E-state index in [0.29, 0.717) is 17.3 Å². The number of carbonyl (C=O) groups is 2. The van der Waals surface area contributed by atoms with Gasteiger partial charge < -0.3 is 10.4 Å². The van der Waals surface area contributed by atoms with Crippen molar-refractivity contribution in [3.63, 3.8) is 0 Å². The molecule has 6 nitrogen and oxygen atoms in total. The molecule has 1 fully saturated rings. The molecule has 0 bridgehead atoms. The van der Waals surface area contributed by atoms with E-state index >= 15 is 0 Å². The second kappa shape index (κ2) is 7.66. The Balaban J connectivity index is 1.85. The summed E-state index contributed by atoms with van der Waals surface area (Å²) in [5, 5.41) is 12.9. The molecule has 3 rings (SSSR count). The Morgan fingerprint density at radius 3 is 2.73 bits per heavy atom. The van der Waals surface area contributed by atoms with Crippen molar-refractivity contribution >= 4 is 23.2 Å². The number of carboxylic acid groups (broad SMARTS) is 1. The maximum atomic E-state index is 13.0. The Morgan fingerprint density at radius 1 is 1.31 bits per heavy atom. The van der Waals surface area contributed by atoms with Gasteiger partial charge in [-0.2, -0.15) is 0 Å². The molecule has 0 saturated heterocycles. The average molecular weight is 380 g/mol. The van der Waals surface area contributed by atoms with Gasteiger partial charge in [0.15, 0.2) is 0 Å². The minimum atomic E-state index is -0.992. The van der Waals surface area contributed by atoms with Gasteiger partial charge in [0.05, 0.1) is 5.56 Å². The molecule has 0 aromatic carbocycles. The number of fused-ring (bicyclic) bond motifs is 1. The number of nitrogens with two attached hydrogens (primary N) is 1. The number of aryl methyl sites for hydroxylation is 1. The monoisotopic (exact) mass is 379 g/mol. The summed E-state index contributed by atoms with van der Waals surface area (Å²) in [5.41, 5.74) is 3.88. The van der Waals surface area contributed by atoms with Crippen molar-refractivity contribution in [2.75, 3.05) is 6.54 Å². The molecule has 0 spiro atoms. The van der Waals surface area contributed by atoms with E-state index in [1.807, 2.05) is 0 Å². The fraction of sp³-hybridized carbons (Fsp3) is 0.684. The molecule has 2 atom stereocenters. The van der Waals surface area contributed by atoms with Crippen LogP contribution in [0.4, 0.5) is 0 Å². The van der Waals surface area contributed by atoms with E-state index < -0.39 is 5.97 Å². The Bertz CT molecular complexity index is 696. The molecule has 1 amide bonds. The van der Waals surface area contributed by atoms with E-state index in [-0.39, 0.29) is 22.9 Å². The summed E-state index contributed by atoms with van der Waals surface area (Å²) in [6.45, 7) is 4.97. The second-order valence-corrected chi connectivity index (χ2v) is 9.49. The molecule has 1 aromatic rings. The van der Waals surface area contributed by atoms with Gasteiger partial charge in [-0.1, -0.05) is 26.7 Å². The summed E-state index contributed by atoms with van der Waals surface area (Å²) < 4.78 is 0. The minimum absolute atomic E-state index is 0.0458. The van der Waals surface area contributed by atoms with Gasteiger partial charge in [-0.3, -0.25) is 16.1 Å². The molecule has 5 N–H and O–H groups in total. The van der Waals surface area contributed by atoms with Crippen molar-refractivity contribution < 1.29 is 14.7 Å². The Hall–Kier alpha value is -1.44. The lowest BCUT2D eigenvalue weighted by Gasteiger charge is -2.32. The van der Waals surface area contributed by atoms with Crippen LogP contribution < -0.4 is 16.6 Å². The van der Waals surface area contributed by atoms with E-state index in [9.17, 15) is 14.7 Å². The first-order valence-electron chi connectivity index (χ1n) is 9.44. The zero-order chi connectivity index (χ0) is 18.9. The fourth-order valence-electron chi connectivity index (χ4n) is 4.33. The van der Waals surface area contributed by atoms with Crippen molar-refractivity contribution in [1.29, 1.82) is 0 Å². The average Bonchev–Trinajstić information content (AvgIpc) is 2.94. The van der Waals surface area contributed by atoms with Crippen LogP contribution >= 0.6 is 11.3 Å². The van der Waals surface area contributed by atoms with Gasteiger partial charge in [0.2, 0.25) is 0 Å². The Morgan fingerprint density at radius 2 is 2.04 bits per heavy atom. The van der Waals surface area contributed by atoms with Crippen molar-refractivity contribution in [2.24, 2.45) is 17.2 Å². The highest BCUT2D eigenvalue weighted by atomic mass is 32.1. The van der Waals surface area contributed by atoms with Crippen LogP contribution in [0.3, 0.4) is 0 Å². The van der Waals surface area contributed by atoms with Gasteiger partial charge in [0.25, 0.3) is 5.91 Å². The zero-order valence-corrected chi connectivity index (χ0v) is 16.4. The maximum Gasteiger partial charge on any atom is 0.337 e. The fourth-order valence-corrected chi connectivity index (χ4v) is 5.55. The number of nitrogens with one attached hydrogen (secondary N) is 2. The lowest BCUT2D eigenvalue weighted by Crippen LogP contribution is -2.46.